The Morgan fingerprint density at radius 3 is 2.63 bits per heavy atom. The number of nitro benzene ring substituents is 1. The molecule has 0 unspecified atom stereocenters. The summed E-state index contributed by atoms with van der Waals surface area (Å²) in [5.41, 5.74) is -0.0681. The van der Waals surface area contributed by atoms with Crippen molar-refractivity contribution < 1.29 is 18.4 Å². The molecule has 1 aromatic heterocycles. The molecule has 0 saturated heterocycles. The summed E-state index contributed by atoms with van der Waals surface area (Å²) in [6.45, 7) is -2.83. The number of hydrogen-bond acceptors (Lipinski definition) is 4. The molecule has 0 radical (unpaired) electrons. The van der Waals surface area contributed by atoms with Crippen LogP contribution in [-0.4, -0.2) is 14.5 Å². The van der Waals surface area contributed by atoms with Crippen molar-refractivity contribution in [2.75, 3.05) is 0 Å². The summed E-state index contributed by atoms with van der Waals surface area (Å²) in [4.78, 5) is 13.7. The first-order chi connectivity index (χ1) is 9.08. The van der Waals surface area contributed by atoms with Crippen molar-refractivity contribution in [3.63, 3.8) is 0 Å². The summed E-state index contributed by atoms with van der Waals surface area (Å²) in [5.74, 6) is 0.419. The molecule has 0 saturated carbocycles. The SMILES string of the molecule is O=[N+]([O-])c1ccc(OCc2nccn2C(F)F)cc1. The van der Waals surface area contributed by atoms with Gasteiger partial charge in [0.15, 0.2) is 5.82 Å². The highest BCUT2D eigenvalue weighted by molar-refractivity contribution is 5.35. The Morgan fingerprint density at radius 1 is 1.37 bits per heavy atom. The average Bonchev–Trinajstić information content (AvgIpc) is 2.85. The number of nitrogens with zero attached hydrogens (tertiary/aromatic N) is 3. The van der Waals surface area contributed by atoms with E-state index in [1.54, 1.807) is 0 Å². The van der Waals surface area contributed by atoms with E-state index in [1.165, 1.54) is 30.5 Å². The van der Waals surface area contributed by atoms with E-state index in [2.05, 4.69) is 4.98 Å². The lowest BCUT2D eigenvalue weighted by atomic mass is 10.3. The first-order valence-electron chi connectivity index (χ1n) is 5.25. The van der Waals surface area contributed by atoms with Gasteiger partial charge in [0, 0.05) is 24.5 Å². The molecule has 0 aliphatic carbocycles. The number of aromatic nitrogens is 2. The van der Waals surface area contributed by atoms with Gasteiger partial charge in [-0.15, -0.1) is 0 Å². The third kappa shape index (κ3) is 3.03. The van der Waals surface area contributed by atoms with Gasteiger partial charge in [-0.05, 0) is 12.1 Å². The highest BCUT2D eigenvalue weighted by atomic mass is 19.3. The Kier molecular flexibility index (Phi) is 3.69. The molecule has 0 bridgehead atoms. The summed E-state index contributed by atoms with van der Waals surface area (Å²) in [7, 11) is 0. The minimum absolute atomic E-state index is 0.0681. The van der Waals surface area contributed by atoms with E-state index >= 15 is 0 Å². The lowest BCUT2D eigenvalue weighted by Crippen LogP contribution is -2.07. The number of ether oxygens (including phenoxy) is 1. The molecule has 0 amide bonds. The molecule has 0 aliphatic heterocycles. The minimum Gasteiger partial charge on any atom is -0.486 e. The van der Waals surface area contributed by atoms with Gasteiger partial charge in [-0.3, -0.25) is 14.7 Å². The van der Waals surface area contributed by atoms with Gasteiger partial charge in [0.05, 0.1) is 4.92 Å². The third-order valence-electron chi connectivity index (χ3n) is 2.37. The van der Waals surface area contributed by atoms with Crippen molar-refractivity contribution in [1.82, 2.24) is 9.55 Å². The van der Waals surface area contributed by atoms with Gasteiger partial charge in [-0.2, -0.15) is 8.78 Å². The Bertz CT molecular complexity index is 569. The molecule has 8 heteroatoms. The van der Waals surface area contributed by atoms with E-state index in [1.807, 2.05) is 0 Å². The lowest BCUT2D eigenvalue weighted by Gasteiger charge is -2.08. The van der Waals surface area contributed by atoms with Crippen LogP contribution in [0.4, 0.5) is 14.5 Å². The molecule has 0 atom stereocenters. The highest BCUT2D eigenvalue weighted by Gasteiger charge is 2.12. The Labute approximate surface area is 106 Å². The molecule has 2 rings (SSSR count). The number of nitro groups is 1. The molecular formula is C11H9F2N3O3. The molecule has 100 valence electrons. The Balaban J connectivity index is 2.02. The van der Waals surface area contributed by atoms with Crippen molar-refractivity contribution in [3.05, 3.63) is 52.6 Å². The fourth-order valence-corrected chi connectivity index (χ4v) is 1.45. The second kappa shape index (κ2) is 5.42. The fourth-order valence-electron chi connectivity index (χ4n) is 1.45. The maximum absolute atomic E-state index is 12.5. The maximum Gasteiger partial charge on any atom is 0.320 e. The topological polar surface area (TPSA) is 70.2 Å². The van der Waals surface area contributed by atoms with Crippen molar-refractivity contribution in [2.45, 2.75) is 13.2 Å². The maximum atomic E-state index is 12.5. The highest BCUT2D eigenvalue weighted by Crippen LogP contribution is 2.19. The van der Waals surface area contributed by atoms with E-state index in [9.17, 15) is 18.9 Å². The molecule has 2 aromatic rings. The summed E-state index contributed by atoms with van der Waals surface area (Å²) in [6.07, 6.45) is 2.40. The van der Waals surface area contributed by atoms with E-state index in [4.69, 9.17) is 4.74 Å². The van der Waals surface area contributed by atoms with Crippen molar-refractivity contribution in [3.8, 4) is 5.75 Å². The molecular weight excluding hydrogens is 260 g/mol. The number of imidazole rings is 1. The van der Waals surface area contributed by atoms with Gasteiger partial charge in [0.1, 0.15) is 12.4 Å². The molecule has 6 nitrogen and oxygen atoms in total. The van der Waals surface area contributed by atoms with E-state index in [0.29, 0.717) is 10.3 Å². The Hall–Kier alpha value is -2.51. The van der Waals surface area contributed by atoms with Crippen LogP contribution in [0.5, 0.6) is 5.75 Å². The van der Waals surface area contributed by atoms with Crippen LogP contribution in [-0.2, 0) is 6.61 Å². The normalized spacial score (nSPS) is 10.7. The van der Waals surface area contributed by atoms with Gasteiger partial charge >= 0.3 is 6.55 Å². The molecule has 0 spiro atoms. The number of hydrogen-bond donors (Lipinski definition) is 0. The lowest BCUT2D eigenvalue weighted by molar-refractivity contribution is -0.384. The molecule has 19 heavy (non-hydrogen) atoms. The zero-order chi connectivity index (χ0) is 13.8. The number of rotatable bonds is 5. The summed E-state index contributed by atoms with van der Waals surface area (Å²) >= 11 is 0. The van der Waals surface area contributed by atoms with Crippen LogP contribution >= 0.6 is 0 Å². The van der Waals surface area contributed by atoms with E-state index in [0.717, 1.165) is 6.20 Å². The fraction of sp³-hybridized carbons (Fsp3) is 0.182. The molecule has 1 aromatic carbocycles. The summed E-state index contributed by atoms with van der Waals surface area (Å²) in [6, 6.07) is 5.34. The number of halogens is 2. The average molecular weight is 269 g/mol. The second-order valence-corrected chi connectivity index (χ2v) is 3.57. The zero-order valence-electron chi connectivity index (χ0n) is 9.57. The molecule has 0 aliphatic rings. The van der Waals surface area contributed by atoms with Gasteiger partial charge in [-0.25, -0.2) is 4.98 Å². The standard InChI is InChI=1S/C11H9F2N3O3/c12-11(13)15-6-5-14-10(15)7-19-9-3-1-8(2-4-9)16(17)18/h1-6,11H,7H2. The smallest absolute Gasteiger partial charge is 0.320 e. The van der Waals surface area contributed by atoms with Crippen LogP contribution in [0, 0.1) is 10.1 Å². The van der Waals surface area contributed by atoms with Crippen LogP contribution in [0.3, 0.4) is 0 Å². The van der Waals surface area contributed by atoms with Crippen molar-refractivity contribution in [2.24, 2.45) is 0 Å². The summed E-state index contributed by atoms with van der Waals surface area (Å²) < 4.78 is 31.0. The van der Waals surface area contributed by atoms with E-state index in [-0.39, 0.29) is 18.1 Å². The monoisotopic (exact) mass is 269 g/mol. The van der Waals surface area contributed by atoms with Gasteiger partial charge in [0.25, 0.3) is 5.69 Å². The minimum atomic E-state index is -2.68. The quantitative estimate of drug-likeness (QED) is 0.618. The van der Waals surface area contributed by atoms with Gasteiger partial charge in [-0.1, -0.05) is 0 Å². The van der Waals surface area contributed by atoms with Crippen LogP contribution < -0.4 is 4.74 Å². The molecule has 0 N–H and O–H groups in total. The van der Waals surface area contributed by atoms with Crippen molar-refractivity contribution in [1.29, 1.82) is 0 Å². The molecule has 0 fully saturated rings. The zero-order valence-corrected chi connectivity index (χ0v) is 9.57. The van der Waals surface area contributed by atoms with Gasteiger partial charge in [0.2, 0.25) is 0 Å². The summed E-state index contributed by atoms with van der Waals surface area (Å²) in [5, 5.41) is 10.4. The number of alkyl halides is 2. The predicted molar refractivity (Wildman–Crippen MR) is 60.9 cm³/mol. The van der Waals surface area contributed by atoms with Crippen LogP contribution in [0.15, 0.2) is 36.7 Å². The molecule has 1 heterocycles. The van der Waals surface area contributed by atoms with Crippen LogP contribution in [0.25, 0.3) is 0 Å². The third-order valence-corrected chi connectivity index (χ3v) is 2.37. The van der Waals surface area contributed by atoms with Crippen LogP contribution in [0.2, 0.25) is 0 Å². The number of non-ortho nitro benzene ring substituents is 1. The second-order valence-electron chi connectivity index (χ2n) is 3.57. The van der Waals surface area contributed by atoms with Crippen LogP contribution in [0.1, 0.15) is 12.4 Å². The van der Waals surface area contributed by atoms with Gasteiger partial charge < -0.3 is 4.74 Å². The Morgan fingerprint density at radius 2 is 2.05 bits per heavy atom. The van der Waals surface area contributed by atoms with Crippen molar-refractivity contribution >= 4 is 5.69 Å². The van der Waals surface area contributed by atoms with E-state index < -0.39 is 11.5 Å². The largest absolute Gasteiger partial charge is 0.486 e. The predicted octanol–water partition coefficient (Wildman–Crippen LogP) is 2.77. The number of benzene rings is 1. The first kappa shape index (κ1) is 12.9. The first-order valence-corrected chi connectivity index (χ1v) is 5.25.